The molecule has 132 valence electrons. The Morgan fingerprint density at radius 2 is 1.39 bits per heavy atom. The van der Waals surface area contributed by atoms with Crippen molar-refractivity contribution in [3.05, 3.63) is 24.3 Å². The molecule has 0 radical (unpaired) electrons. The van der Waals surface area contributed by atoms with Crippen LogP contribution in [0.15, 0.2) is 24.3 Å². The van der Waals surface area contributed by atoms with E-state index in [1.54, 1.807) is 0 Å². The topological polar surface area (TPSA) is 49.8 Å². The minimum atomic E-state index is -0.698. The van der Waals surface area contributed by atoms with Crippen molar-refractivity contribution in [1.82, 2.24) is 0 Å². The van der Waals surface area contributed by atoms with Gasteiger partial charge in [0.05, 0.1) is 12.2 Å². The Balaban J connectivity index is 1.76. The van der Waals surface area contributed by atoms with Crippen molar-refractivity contribution >= 4 is 5.97 Å². The number of hydrogen-bond acceptors (Lipinski definition) is 2. The number of hydrogen-bond donors (Lipinski definition) is 1. The van der Waals surface area contributed by atoms with Crippen LogP contribution < -0.4 is 0 Å². The molecule has 0 amide bonds. The molecule has 1 fully saturated rings. The molecule has 23 heavy (non-hydrogen) atoms. The zero-order valence-electron chi connectivity index (χ0n) is 14.7. The van der Waals surface area contributed by atoms with Gasteiger partial charge in [0.1, 0.15) is 0 Å². The van der Waals surface area contributed by atoms with Crippen LogP contribution in [0.5, 0.6) is 0 Å². The number of unbranched alkanes of at least 4 members (excludes halogenated alkanes) is 6. The van der Waals surface area contributed by atoms with Crippen LogP contribution >= 0.6 is 0 Å². The van der Waals surface area contributed by atoms with Gasteiger partial charge in [-0.2, -0.15) is 0 Å². The maximum Gasteiger partial charge on any atom is 0.303 e. The lowest BCUT2D eigenvalue weighted by Crippen LogP contribution is -1.92. The van der Waals surface area contributed by atoms with E-state index in [1.165, 1.54) is 51.4 Å². The Bertz CT molecular complexity index is 360. The number of epoxide rings is 1. The lowest BCUT2D eigenvalue weighted by molar-refractivity contribution is -0.137. The van der Waals surface area contributed by atoms with Gasteiger partial charge >= 0.3 is 5.97 Å². The Hall–Kier alpha value is -1.09. The van der Waals surface area contributed by atoms with Crippen molar-refractivity contribution in [1.29, 1.82) is 0 Å². The van der Waals surface area contributed by atoms with Gasteiger partial charge in [0.2, 0.25) is 0 Å². The molecule has 0 bridgehead atoms. The molecule has 1 rings (SSSR count). The summed E-state index contributed by atoms with van der Waals surface area (Å²) in [6, 6.07) is 0. The van der Waals surface area contributed by atoms with Gasteiger partial charge in [-0.1, -0.05) is 37.6 Å². The molecule has 0 aromatic carbocycles. The first kappa shape index (κ1) is 20.0. The quantitative estimate of drug-likeness (QED) is 0.241. The highest BCUT2D eigenvalue weighted by Gasteiger charge is 2.35. The Kier molecular flexibility index (Phi) is 11.6. The summed E-state index contributed by atoms with van der Waals surface area (Å²) in [6.45, 7) is 2.20. The molecule has 0 saturated carbocycles. The van der Waals surface area contributed by atoms with Gasteiger partial charge in [0.25, 0.3) is 0 Å². The van der Waals surface area contributed by atoms with Gasteiger partial charge in [0.15, 0.2) is 0 Å². The van der Waals surface area contributed by atoms with Crippen LogP contribution in [0.25, 0.3) is 0 Å². The smallest absolute Gasteiger partial charge is 0.303 e. The van der Waals surface area contributed by atoms with Gasteiger partial charge < -0.3 is 9.84 Å². The van der Waals surface area contributed by atoms with E-state index in [-0.39, 0.29) is 6.42 Å². The van der Waals surface area contributed by atoms with Crippen molar-refractivity contribution in [3.8, 4) is 0 Å². The molecule has 0 aromatic heterocycles. The third-order valence-electron chi connectivity index (χ3n) is 4.29. The Labute approximate surface area is 141 Å². The zero-order chi connectivity index (χ0) is 16.8. The average Bonchev–Trinajstić information content (AvgIpc) is 3.29. The predicted octanol–water partition coefficient (Wildman–Crippen LogP) is 5.65. The fraction of sp³-hybridized carbons (Fsp3) is 0.750. The number of carboxylic acid groups (broad SMARTS) is 1. The van der Waals surface area contributed by atoms with Gasteiger partial charge in [-0.25, -0.2) is 0 Å². The second-order valence-electron chi connectivity index (χ2n) is 6.42. The zero-order valence-corrected chi connectivity index (χ0v) is 14.7. The van der Waals surface area contributed by atoms with Crippen molar-refractivity contribution in [2.24, 2.45) is 0 Å². The van der Waals surface area contributed by atoms with Gasteiger partial charge in [-0.15, -0.1) is 0 Å². The molecule has 3 nitrogen and oxygen atoms in total. The number of carbonyl (C=O) groups is 1. The van der Waals surface area contributed by atoms with Crippen LogP contribution in [0.2, 0.25) is 0 Å². The van der Waals surface area contributed by atoms with E-state index in [9.17, 15) is 4.79 Å². The number of rotatable bonds is 15. The van der Waals surface area contributed by atoms with Gasteiger partial charge in [-0.3, -0.25) is 4.79 Å². The highest BCUT2D eigenvalue weighted by Crippen LogP contribution is 2.29. The second kappa shape index (κ2) is 13.4. The summed E-state index contributed by atoms with van der Waals surface area (Å²) in [5.74, 6) is -0.698. The normalized spacial score (nSPS) is 20.6. The van der Waals surface area contributed by atoms with Crippen LogP contribution in [-0.4, -0.2) is 23.3 Å². The monoisotopic (exact) mass is 322 g/mol. The lowest BCUT2D eigenvalue weighted by atomic mass is 10.1. The fourth-order valence-electron chi connectivity index (χ4n) is 2.77. The van der Waals surface area contributed by atoms with E-state index in [2.05, 4.69) is 31.2 Å². The maximum atomic E-state index is 10.3. The van der Waals surface area contributed by atoms with Crippen LogP contribution in [0.1, 0.15) is 84.0 Å². The first-order chi connectivity index (χ1) is 11.2. The molecular weight excluding hydrogens is 288 g/mol. The second-order valence-corrected chi connectivity index (χ2v) is 6.42. The van der Waals surface area contributed by atoms with Crippen molar-refractivity contribution in [2.45, 2.75) is 96.2 Å². The molecule has 1 N–H and O–H groups in total. The highest BCUT2D eigenvalue weighted by atomic mass is 16.6. The molecule has 0 aliphatic carbocycles. The summed E-state index contributed by atoms with van der Waals surface area (Å²) in [4.78, 5) is 10.3. The van der Waals surface area contributed by atoms with E-state index in [0.717, 1.165) is 19.3 Å². The standard InChI is InChI=1S/C20H34O3/c1-2-18-19(23-18)16-14-12-10-8-6-4-3-5-7-9-11-13-15-17-20(21)22/h6,8-9,11,18-19H,2-5,7,10,12-17H2,1H3,(H,21,22). The third kappa shape index (κ3) is 12.1. The average molecular weight is 322 g/mol. The van der Waals surface area contributed by atoms with Crippen LogP contribution in [-0.2, 0) is 9.53 Å². The molecule has 1 heterocycles. The SMILES string of the molecule is CCC1OC1CCCCC=CCCCCC=CCCCC(=O)O. The molecule has 0 aromatic rings. The molecular formula is C20H34O3. The summed E-state index contributed by atoms with van der Waals surface area (Å²) in [5, 5.41) is 8.52. The van der Waals surface area contributed by atoms with E-state index in [4.69, 9.17) is 9.84 Å². The van der Waals surface area contributed by atoms with Crippen LogP contribution in [0.4, 0.5) is 0 Å². The third-order valence-corrected chi connectivity index (χ3v) is 4.29. The number of allylic oxidation sites excluding steroid dienone is 4. The van der Waals surface area contributed by atoms with Gasteiger partial charge in [0, 0.05) is 6.42 Å². The summed E-state index contributed by atoms with van der Waals surface area (Å²) < 4.78 is 5.54. The first-order valence-corrected chi connectivity index (χ1v) is 9.41. The fourth-order valence-corrected chi connectivity index (χ4v) is 2.77. The molecule has 1 aliphatic heterocycles. The lowest BCUT2D eigenvalue weighted by Gasteiger charge is -1.96. The Morgan fingerprint density at radius 3 is 1.87 bits per heavy atom. The summed E-state index contributed by atoms with van der Waals surface area (Å²) in [6.07, 6.45) is 22.9. The van der Waals surface area contributed by atoms with E-state index < -0.39 is 5.97 Å². The minimum Gasteiger partial charge on any atom is -0.481 e. The van der Waals surface area contributed by atoms with Crippen molar-refractivity contribution in [2.75, 3.05) is 0 Å². The molecule has 3 heteroatoms. The summed E-state index contributed by atoms with van der Waals surface area (Å²) >= 11 is 0. The molecule has 0 spiro atoms. The number of ether oxygens (including phenoxy) is 1. The number of carboxylic acids is 1. The first-order valence-electron chi connectivity index (χ1n) is 9.41. The van der Waals surface area contributed by atoms with Crippen LogP contribution in [0.3, 0.4) is 0 Å². The Morgan fingerprint density at radius 1 is 0.870 bits per heavy atom. The minimum absolute atomic E-state index is 0.280. The molecule has 1 saturated heterocycles. The number of aliphatic carboxylic acids is 1. The van der Waals surface area contributed by atoms with E-state index in [0.29, 0.717) is 12.2 Å². The largest absolute Gasteiger partial charge is 0.481 e. The summed E-state index contributed by atoms with van der Waals surface area (Å²) in [7, 11) is 0. The maximum absolute atomic E-state index is 10.3. The predicted molar refractivity (Wildman–Crippen MR) is 95.7 cm³/mol. The van der Waals surface area contributed by atoms with Crippen molar-refractivity contribution < 1.29 is 14.6 Å². The van der Waals surface area contributed by atoms with Gasteiger partial charge in [-0.05, 0) is 64.2 Å². The molecule has 2 unspecified atom stereocenters. The van der Waals surface area contributed by atoms with E-state index >= 15 is 0 Å². The summed E-state index contributed by atoms with van der Waals surface area (Å²) in [5.41, 5.74) is 0. The van der Waals surface area contributed by atoms with Crippen molar-refractivity contribution in [3.63, 3.8) is 0 Å². The molecule has 1 aliphatic rings. The van der Waals surface area contributed by atoms with E-state index in [1.807, 2.05) is 0 Å². The molecule has 2 atom stereocenters. The highest BCUT2D eigenvalue weighted by molar-refractivity contribution is 5.66. The van der Waals surface area contributed by atoms with Crippen LogP contribution in [0, 0.1) is 0 Å².